The van der Waals surface area contributed by atoms with Crippen LogP contribution in [-0.2, 0) is 11.3 Å². The number of amides is 2. The Morgan fingerprint density at radius 2 is 1.59 bits per heavy atom. The van der Waals surface area contributed by atoms with Crippen LogP contribution in [0, 0.1) is 11.8 Å². The lowest BCUT2D eigenvalue weighted by molar-refractivity contribution is -0.122. The summed E-state index contributed by atoms with van der Waals surface area (Å²) in [7, 11) is 3.21. The van der Waals surface area contributed by atoms with Crippen molar-refractivity contribution in [2.45, 2.75) is 73.0 Å². The molecule has 1 aromatic carbocycles. The number of aromatic nitrogens is 2. The van der Waals surface area contributed by atoms with E-state index in [1.54, 1.807) is 20.3 Å². The monoisotopic (exact) mass is 472 g/mol. The van der Waals surface area contributed by atoms with E-state index in [0.717, 1.165) is 11.3 Å². The van der Waals surface area contributed by atoms with Crippen LogP contribution in [0.4, 0.5) is 0 Å². The molecule has 0 fully saturated rings. The maximum absolute atomic E-state index is 13.3. The van der Waals surface area contributed by atoms with Crippen molar-refractivity contribution in [3.63, 3.8) is 0 Å². The number of rotatable bonds is 12. The molecule has 0 aliphatic rings. The predicted octanol–water partition coefficient (Wildman–Crippen LogP) is 4.28. The van der Waals surface area contributed by atoms with Gasteiger partial charge in [0.2, 0.25) is 5.91 Å². The van der Waals surface area contributed by atoms with E-state index in [4.69, 9.17) is 9.47 Å². The third-order valence-electron chi connectivity index (χ3n) is 5.21. The average Bonchev–Trinajstić information content (AvgIpc) is 3.14. The minimum Gasteiger partial charge on any atom is -0.496 e. The van der Waals surface area contributed by atoms with E-state index in [-0.39, 0.29) is 30.3 Å². The van der Waals surface area contributed by atoms with Crippen molar-refractivity contribution < 1.29 is 19.1 Å². The van der Waals surface area contributed by atoms with E-state index >= 15 is 0 Å². The van der Waals surface area contributed by atoms with Crippen molar-refractivity contribution in [2.75, 3.05) is 14.2 Å². The summed E-state index contributed by atoms with van der Waals surface area (Å²) in [4.78, 5) is 25.6. The summed E-state index contributed by atoms with van der Waals surface area (Å²) >= 11 is 0. The molecule has 0 saturated heterocycles. The predicted molar refractivity (Wildman–Crippen MR) is 134 cm³/mol. The van der Waals surface area contributed by atoms with E-state index in [2.05, 4.69) is 43.4 Å². The highest BCUT2D eigenvalue weighted by molar-refractivity contribution is 5.94. The molecule has 0 saturated carbocycles. The van der Waals surface area contributed by atoms with E-state index < -0.39 is 0 Å². The second-order valence-electron chi connectivity index (χ2n) is 9.75. The van der Waals surface area contributed by atoms with E-state index in [0.29, 0.717) is 42.0 Å². The van der Waals surface area contributed by atoms with Gasteiger partial charge in [0, 0.05) is 25.0 Å². The molecule has 1 heterocycles. The molecule has 2 N–H and O–H groups in total. The SMILES string of the molecule is COc1cccc(OC)c1-c1cc(C(=O)NC(CC(=O)NC(C)C)CC(C)C)nn1CC(C)C. The van der Waals surface area contributed by atoms with Gasteiger partial charge < -0.3 is 20.1 Å². The molecule has 0 spiro atoms. The van der Waals surface area contributed by atoms with Crippen molar-refractivity contribution >= 4 is 11.8 Å². The Labute approximate surface area is 203 Å². The van der Waals surface area contributed by atoms with Crippen LogP contribution in [0.3, 0.4) is 0 Å². The van der Waals surface area contributed by atoms with Crippen LogP contribution >= 0.6 is 0 Å². The van der Waals surface area contributed by atoms with Gasteiger partial charge >= 0.3 is 0 Å². The fraction of sp³-hybridized carbons (Fsp3) is 0.577. The molecule has 0 radical (unpaired) electrons. The van der Waals surface area contributed by atoms with Crippen LogP contribution in [0.1, 0.15) is 64.9 Å². The van der Waals surface area contributed by atoms with Gasteiger partial charge in [0.25, 0.3) is 5.91 Å². The third kappa shape index (κ3) is 7.50. The van der Waals surface area contributed by atoms with Crippen molar-refractivity contribution in [1.82, 2.24) is 20.4 Å². The molecule has 1 aromatic heterocycles. The normalized spacial score (nSPS) is 12.2. The van der Waals surface area contributed by atoms with Crippen LogP contribution in [-0.4, -0.2) is 47.9 Å². The Bertz CT molecular complexity index is 943. The van der Waals surface area contributed by atoms with E-state index in [1.807, 2.05) is 36.7 Å². The second-order valence-corrected chi connectivity index (χ2v) is 9.75. The summed E-state index contributed by atoms with van der Waals surface area (Å²) in [5.74, 6) is 1.53. The highest BCUT2D eigenvalue weighted by Crippen LogP contribution is 2.38. The maximum atomic E-state index is 13.3. The number of methoxy groups -OCH3 is 2. The van der Waals surface area contributed by atoms with Crippen LogP contribution in [0.25, 0.3) is 11.3 Å². The summed E-state index contributed by atoms with van der Waals surface area (Å²) in [6, 6.07) is 7.10. The lowest BCUT2D eigenvalue weighted by Crippen LogP contribution is -2.41. The van der Waals surface area contributed by atoms with E-state index in [9.17, 15) is 9.59 Å². The minimum atomic E-state index is -0.305. The first-order valence-electron chi connectivity index (χ1n) is 11.9. The van der Waals surface area contributed by atoms with Gasteiger partial charge in [-0.25, -0.2) is 0 Å². The standard InChI is InChI=1S/C26H40N4O4/c1-16(2)12-19(13-24(31)27-18(5)6)28-26(32)20-14-21(30(29-20)15-17(3)4)25-22(33-7)10-9-11-23(25)34-8/h9-11,14,16-19H,12-13,15H2,1-8H3,(H,27,31)(H,28,32). The van der Waals surface area contributed by atoms with Gasteiger partial charge in [-0.05, 0) is 50.3 Å². The number of hydrogen-bond donors (Lipinski definition) is 2. The van der Waals surface area contributed by atoms with Crippen molar-refractivity contribution in [3.8, 4) is 22.8 Å². The zero-order valence-electron chi connectivity index (χ0n) is 21.8. The van der Waals surface area contributed by atoms with Gasteiger partial charge in [-0.1, -0.05) is 33.8 Å². The Hall–Kier alpha value is -3.03. The molecule has 0 aliphatic heterocycles. The van der Waals surface area contributed by atoms with Gasteiger partial charge in [0.1, 0.15) is 11.5 Å². The van der Waals surface area contributed by atoms with Gasteiger partial charge in [0.05, 0.1) is 25.5 Å². The summed E-state index contributed by atoms with van der Waals surface area (Å²) in [5, 5.41) is 10.6. The van der Waals surface area contributed by atoms with Crippen molar-refractivity contribution in [2.24, 2.45) is 11.8 Å². The first kappa shape index (κ1) is 27.2. The van der Waals surface area contributed by atoms with Gasteiger partial charge in [-0.2, -0.15) is 5.10 Å². The van der Waals surface area contributed by atoms with Crippen molar-refractivity contribution in [3.05, 3.63) is 30.0 Å². The van der Waals surface area contributed by atoms with Crippen LogP contribution in [0.5, 0.6) is 11.5 Å². The number of nitrogens with one attached hydrogen (secondary N) is 2. The van der Waals surface area contributed by atoms with Crippen LogP contribution in [0.2, 0.25) is 0 Å². The molecule has 8 nitrogen and oxygen atoms in total. The summed E-state index contributed by atoms with van der Waals surface area (Å²) in [6.07, 6.45) is 0.916. The Balaban J connectivity index is 2.41. The number of benzene rings is 1. The Morgan fingerprint density at radius 3 is 2.09 bits per heavy atom. The van der Waals surface area contributed by atoms with Crippen LogP contribution < -0.4 is 20.1 Å². The molecule has 1 unspecified atom stereocenters. The molecule has 0 aliphatic carbocycles. The quantitative estimate of drug-likeness (QED) is 0.481. The highest BCUT2D eigenvalue weighted by atomic mass is 16.5. The largest absolute Gasteiger partial charge is 0.496 e. The molecule has 34 heavy (non-hydrogen) atoms. The molecule has 1 atom stereocenters. The number of carbonyl (C=O) groups excluding carboxylic acids is 2. The molecule has 188 valence electrons. The number of nitrogens with zero attached hydrogens (tertiary/aromatic N) is 2. The van der Waals surface area contributed by atoms with Gasteiger partial charge in [-0.15, -0.1) is 0 Å². The zero-order chi connectivity index (χ0) is 25.4. The zero-order valence-corrected chi connectivity index (χ0v) is 21.8. The first-order chi connectivity index (χ1) is 16.0. The second kappa shape index (κ2) is 12.4. The average molecular weight is 473 g/mol. The summed E-state index contributed by atoms with van der Waals surface area (Å²) in [5.41, 5.74) is 1.78. The van der Waals surface area contributed by atoms with Gasteiger partial charge in [-0.3, -0.25) is 14.3 Å². The smallest absolute Gasteiger partial charge is 0.272 e. The first-order valence-corrected chi connectivity index (χ1v) is 11.9. The van der Waals surface area contributed by atoms with Crippen molar-refractivity contribution in [1.29, 1.82) is 0 Å². The summed E-state index contributed by atoms with van der Waals surface area (Å²) in [6.45, 7) is 12.8. The molecular weight excluding hydrogens is 432 g/mol. The lowest BCUT2D eigenvalue weighted by Gasteiger charge is -2.20. The number of ether oxygens (including phenoxy) is 2. The molecule has 2 amide bonds. The number of hydrogen-bond acceptors (Lipinski definition) is 5. The Morgan fingerprint density at radius 1 is 0.971 bits per heavy atom. The molecule has 2 rings (SSSR count). The molecule has 0 bridgehead atoms. The molecule has 2 aromatic rings. The Kier molecular flexibility index (Phi) is 9.96. The fourth-order valence-electron chi connectivity index (χ4n) is 3.94. The van der Waals surface area contributed by atoms with Gasteiger partial charge in [0.15, 0.2) is 5.69 Å². The third-order valence-corrected chi connectivity index (χ3v) is 5.21. The molecular formula is C26H40N4O4. The highest BCUT2D eigenvalue weighted by Gasteiger charge is 2.24. The minimum absolute atomic E-state index is 0.0491. The van der Waals surface area contributed by atoms with Crippen LogP contribution in [0.15, 0.2) is 24.3 Å². The topological polar surface area (TPSA) is 94.5 Å². The molecule has 8 heteroatoms. The van der Waals surface area contributed by atoms with E-state index in [1.165, 1.54) is 0 Å². The maximum Gasteiger partial charge on any atom is 0.272 e. The summed E-state index contributed by atoms with van der Waals surface area (Å²) < 4.78 is 13.0. The lowest BCUT2D eigenvalue weighted by atomic mass is 10.0. The fourth-order valence-corrected chi connectivity index (χ4v) is 3.94. The number of carbonyl (C=O) groups is 2.